The Bertz CT molecular complexity index is 974. The highest BCUT2D eigenvalue weighted by Crippen LogP contribution is 2.20. The maximum atomic E-state index is 5.79. The largest absolute Gasteiger partial charge is 0.419 e. The quantitative estimate of drug-likeness (QED) is 0.559. The number of hydrogen-bond acceptors (Lipinski definition) is 5. The van der Waals surface area contributed by atoms with Crippen LogP contribution in [0.2, 0.25) is 0 Å². The molecular weight excluding hydrogens is 314 g/mol. The molecule has 0 radical (unpaired) electrons. The molecule has 0 aliphatic rings. The predicted molar refractivity (Wildman–Crippen MR) is 93.7 cm³/mol. The molecule has 1 aromatic carbocycles. The lowest BCUT2D eigenvalue weighted by molar-refractivity contribution is 0.489. The standard InChI is InChI=1S/C19H17N5O/c1-2-14-8-9-20-16(12-14)18-21-10-11-24(18)13-17-22-23-19(25-17)15-6-4-3-5-7-15/h3-12H,2,13H2,1H3. The summed E-state index contributed by atoms with van der Waals surface area (Å²) in [7, 11) is 0. The molecule has 124 valence electrons. The van der Waals surface area contributed by atoms with Crippen LogP contribution in [0.25, 0.3) is 23.0 Å². The van der Waals surface area contributed by atoms with E-state index in [4.69, 9.17) is 4.42 Å². The van der Waals surface area contributed by atoms with Gasteiger partial charge in [0.2, 0.25) is 11.8 Å². The van der Waals surface area contributed by atoms with Crippen molar-refractivity contribution in [2.75, 3.05) is 0 Å². The third kappa shape index (κ3) is 3.19. The third-order valence-electron chi connectivity index (χ3n) is 3.97. The van der Waals surface area contributed by atoms with Gasteiger partial charge >= 0.3 is 0 Å². The number of benzene rings is 1. The first-order chi connectivity index (χ1) is 12.3. The van der Waals surface area contributed by atoms with Gasteiger partial charge in [-0.05, 0) is 36.2 Å². The van der Waals surface area contributed by atoms with Crippen molar-refractivity contribution in [1.29, 1.82) is 0 Å². The fraction of sp³-hybridized carbons (Fsp3) is 0.158. The van der Waals surface area contributed by atoms with E-state index >= 15 is 0 Å². The van der Waals surface area contributed by atoms with Gasteiger partial charge in [0.25, 0.3) is 0 Å². The van der Waals surface area contributed by atoms with Crippen molar-refractivity contribution in [3.63, 3.8) is 0 Å². The first kappa shape index (κ1) is 15.3. The summed E-state index contributed by atoms with van der Waals surface area (Å²) in [4.78, 5) is 8.87. The summed E-state index contributed by atoms with van der Waals surface area (Å²) >= 11 is 0. The topological polar surface area (TPSA) is 69.6 Å². The van der Waals surface area contributed by atoms with Crippen LogP contribution in [0, 0.1) is 0 Å². The van der Waals surface area contributed by atoms with E-state index in [1.165, 1.54) is 5.56 Å². The van der Waals surface area contributed by atoms with Crippen molar-refractivity contribution in [1.82, 2.24) is 24.7 Å². The maximum Gasteiger partial charge on any atom is 0.247 e. The molecule has 0 aliphatic carbocycles. The molecule has 0 fully saturated rings. The fourth-order valence-electron chi connectivity index (χ4n) is 2.65. The Kier molecular flexibility index (Phi) is 4.08. The third-order valence-corrected chi connectivity index (χ3v) is 3.97. The lowest BCUT2D eigenvalue weighted by Crippen LogP contribution is -2.02. The summed E-state index contributed by atoms with van der Waals surface area (Å²) in [6, 6.07) is 13.8. The van der Waals surface area contributed by atoms with Crippen molar-refractivity contribution >= 4 is 0 Å². The Morgan fingerprint density at radius 3 is 2.72 bits per heavy atom. The van der Waals surface area contributed by atoms with Gasteiger partial charge in [-0.2, -0.15) is 0 Å². The SMILES string of the molecule is CCc1ccnc(-c2nccn2Cc2nnc(-c3ccccc3)o2)c1. The van der Waals surface area contributed by atoms with E-state index in [-0.39, 0.29) is 0 Å². The average molecular weight is 331 g/mol. The molecule has 4 rings (SSSR count). The zero-order valence-electron chi connectivity index (χ0n) is 13.8. The smallest absolute Gasteiger partial charge is 0.247 e. The minimum atomic E-state index is 0.452. The lowest BCUT2D eigenvalue weighted by Gasteiger charge is -2.06. The molecule has 3 heterocycles. The molecule has 3 aromatic heterocycles. The molecule has 6 heteroatoms. The molecule has 0 saturated carbocycles. The first-order valence-corrected chi connectivity index (χ1v) is 8.17. The summed E-state index contributed by atoms with van der Waals surface area (Å²) in [6.45, 7) is 2.57. The van der Waals surface area contributed by atoms with E-state index in [1.807, 2.05) is 53.4 Å². The van der Waals surface area contributed by atoms with E-state index in [0.717, 1.165) is 23.5 Å². The molecule has 0 bridgehead atoms. The van der Waals surface area contributed by atoms with Crippen LogP contribution in [0.4, 0.5) is 0 Å². The fourth-order valence-corrected chi connectivity index (χ4v) is 2.65. The molecule has 4 aromatic rings. The van der Waals surface area contributed by atoms with E-state index in [2.05, 4.69) is 33.2 Å². The lowest BCUT2D eigenvalue weighted by atomic mass is 10.2. The van der Waals surface area contributed by atoms with Crippen LogP contribution in [0.3, 0.4) is 0 Å². The van der Waals surface area contributed by atoms with Gasteiger partial charge in [0, 0.05) is 24.2 Å². The molecule has 0 N–H and O–H groups in total. The Morgan fingerprint density at radius 2 is 1.88 bits per heavy atom. The number of aryl methyl sites for hydroxylation is 1. The normalized spacial score (nSPS) is 10.9. The summed E-state index contributed by atoms with van der Waals surface area (Å²) in [5.41, 5.74) is 2.97. The van der Waals surface area contributed by atoms with Gasteiger partial charge in [-0.3, -0.25) is 4.98 Å². The van der Waals surface area contributed by atoms with Crippen molar-refractivity contribution in [3.05, 3.63) is 72.5 Å². The Balaban J connectivity index is 1.60. The monoisotopic (exact) mass is 331 g/mol. The van der Waals surface area contributed by atoms with E-state index in [0.29, 0.717) is 18.3 Å². The summed E-state index contributed by atoms with van der Waals surface area (Å²) in [5.74, 6) is 1.84. The van der Waals surface area contributed by atoms with Crippen LogP contribution in [-0.4, -0.2) is 24.7 Å². The number of rotatable bonds is 5. The van der Waals surface area contributed by atoms with Crippen molar-refractivity contribution in [3.8, 4) is 23.0 Å². The molecular formula is C19H17N5O. The van der Waals surface area contributed by atoms with Crippen molar-refractivity contribution in [2.45, 2.75) is 19.9 Å². The molecule has 0 saturated heterocycles. The van der Waals surface area contributed by atoms with E-state index in [1.54, 1.807) is 6.20 Å². The van der Waals surface area contributed by atoms with Gasteiger partial charge in [0.1, 0.15) is 12.2 Å². The van der Waals surface area contributed by atoms with Gasteiger partial charge in [-0.25, -0.2) is 4.98 Å². The Labute approximate surface area is 145 Å². The van der Waals surface area contributed by atoms with Crippen LogP contribution in [0.5, 0.6) is 0 Å². The molecule has 0 amide bonds. The summed E-state index contributed by atoms with van der Waals surface area (Å²) in [5, 5.41) is 8.28. The second-order valence-corrected chi connectivity index (χ2v) is 5.65. The van der Waals surface area contributed by atoms with Crippen molar-refractivity contribution in [2.24, 2.45) is 0 Å². The molecule has 0 spiro atoms. The van der Waals surface area contributed by atoms with Gasteiger partial charge < -0.3 is 8.98 Å². The predicted octanol–water partition coefficient (Wildman–Crippen LogP) is 3.61. The minimum Gasteiger partial charge on any atom is -0.419 e. The zero-order chi connectivity index (χ0) is 17.1. The second kappa shape index (κ2) is 6.68. The maximum absolute atomic E-state index is 5.79. The minimum absolute atomic E-state index is 0.452. The average Bonchev–Trinajstić information content (AvgIpc) is 3.32. The van der Waals surface area contributed by atoms with Gasteiger partial charge in [0.15, 0.2) is 5.82 Å². The van der Waals surface area contributed by atoms with Crippen LogP contribution in [0.1, 0.15) is 18.4 Å². The van der Waals surface area contributed by atoms with Gasteiger partial charge in [-0.15, -0.1) is 10.2 Å². The van der Waals surface area contributed by atoms with E-state index in [9.17, 15) is 0 Å². The van der Waals surface area contributed by atoms with Crippen molar-refractivity contribution < 1.29 is 4.42 Å². The Hall–Kier alpha value is -3.28. The highest BCUT2D eigenvalue weighted by atomic mass is 16.4. The van der Waals surface area contributed by atoms with Crippen LogP contribution in [-0.2, 0) is 13.0 Å². The number of hydrogen-bond donors (Lipinski definition) is 0. The molecule has 0 unspecified atom stereocenters. The second-order valence-electron chi connectivity index (χ2n) is 5.65. The van der Waals surface area contributed by atoms with Crippen LogP contribution in [0.15, 0.2) is 65.5 Å². The zero-order valence-corrected chi connectivity index (χ0v) is 13.8. The highest BCUT2D eigenvalue weighted by molar-refractivity contribution is 5.52. The van der Waals surface area contributed by atoms with Crippen LogP contribution >= 0.6 is 0 Å². The highest BCUT2D eigenvalue weighted by Gasteiger charge is 2.13. The van der Waals surface area contributed by atoms with Crippen LogP contribution < -0.4 is 0 Å². The molecule has 0 aliphatic heterocycles. The summed E-state index contributed by atoms with van der Waals surface area (Å²) < 4.78 is 7.75. The molecule has 25 heavy (non-hydrogen) atoms. The Morgan fingerprint density at radius 1 is 1.00 bits per heavy atom. The summed E-state index contributed by atoms with van der Waals surface area (Å²) in [6.07, 6.45) is 6.42. The number of imidazole rings is 1. The number of aromatic nitrogens is 5. The number of nitrogens with zero attached hydrogens (tertiary/aromatic N) is 5. The van der Waals surface area contributed by atoms with E-state index < -0.39 is 0 Å². The molecule has 0 atom stereocenters. The first-order valence-electron chi connectivity index (χ1n) is 8.17. The molecule has 6 nitrogen and oxygen atoms in total. The van der Waals surface area contributed by atoms with Gasteiger partial charge in [-0.1, -0.05) is 25.1 Å². The van der Waals surface area contributed by atoms with Gasteiger partial charge in [0.05, 0.1) is 0 Å². The number of pyridine rings is 1.